The number of hydrogen-bond donors (Lipinski definition) is 2. The van der Waals surface area contributed by atoms with Gasteiger partial charge in [-0.05, 0) is 6.42 Å². The number of aliphatic hydroxyl groups excluding tert-OH is 1. The van der Waals surface area contributed by atoms with E-state index in [9.17, 15) is 5.11 Å². The lowest BCUT2D eigenvalue weighted by Crippen LogP contribution is -2.17. The van der Waals surface area contributed by atoms with Crippen molar-refractivity contribution in [2.45, 2.75) is 36.0 Å². The van der Waals surface area contributed by atoms with E-state index in [2.05, 4.69) is 22.4 Å². The molecule has 0 bridgehead atoms. The van der Waals surface area contributed by atoms with E-state index in [1.807, 2.05) is 23.5 Å². The van der Waals surface area contributed by atoms with Gasteiger partial charge in [0.05, 0.1) is 17.4 Å². The van der Waals surface area contributed by atoms with Crippen molar-refractivity contribution in [3.8, 4) is 0 Å². The summed E-state index contributed by atoms with van der Waals surface area (Å²) >= 11 is 3.87. The van der Waals surface area contributed by atoms with Crippen molar-refractivity contribution in [3.63, 3.8) is 0 Å². The maximum Gasteiger partial charge on any atom is 0.243 e. The molecule has 0 spiro atoms. The molecule has 2 N–H and O–H groups in total. The Balaban J connectivity index is 1.72. The number of rotatable bonds is 2. The van der Waals surface area contributed by atoms with E-state index in [1.165, 1.54) is 5.75 Å². The van der Waals surface area contributed by atoms with E-state index < -0.39 is 0 Å². The van der Waals surface area contributed by atoms with Crippen LogP contribution in [-0.4, -0.2) is 44.7 Å². The summed E-state index contributed by atoms with van der Waals surface area (Å²) in [4.78, 5) is 4.52. The minimum Gasteiger partial charge on any atom is -0.392 e. The van der Waals surface area contributed by atoms with Crippen molar-refractivity contribution in [3.05, 3.63) is 11.7 Å². The second kappa shape index (κ2) is 5.40. The van der Waals surface area contributed by atoms with Crippen molar-refractivity contribution in [2.75, 3.05) is 18.1 Å². The molecular weight excluding hydrogens is 270 g/mol. The van der Waals surface area contributed by atoms with Gasteiger partial charge in [-0.2, -0.15) is 16.7 Å². The highest BCUT2D eigenvalue weighted by Gasteiger charge is 2.32. The topological polar surface area (TPSA) is 71.2 Å². The Hall–Kier alpha value is -0.240. The first-order valence-electron chi connectivity index (χ1n) is 6.22. The lowest BCUT2D eigenvalue weighted by Gasteiger charge is -2.24. The highest BCUT2D eigenvalue weighted by molar-refractivity contribution is 8.06. The largest absolute Gasteiger partial charge is 0.392 e. The summed E-state index contributed by atoms with van der Waals surface area (Å²) in [7, 11) is 0. The minimum absolute atomic E-state index is 0.0119. The van der Waals surface area contributed by atoms with Gasteiger partial charge in [0.2, 0.25) is 5.89 Å². The van der Waals surface area contributed by atoms with E-state index in [-0.39, 0.29) is 12.1 Å². The van der Waals surface area contributed by atoms with Crippen molar-refractivity contribution in [2.24, 2.45) is 0 Å². The summed E-state index contributed by atoms with van der Waals surface area (Å²) in [6.07, 6.45) is 0.355. The zero-order valence-corrected chi connectivity index (χ0v) is 11.8. The molecule has 0 saturated carbocycles. The molecule has 0 amide bonds. The summed E-state index contributed by atoms with van der Waals surface area (Å²) in [6.45, 7) is 2.82. The Morgan fingerprint density at radius 3 is 2.94 bits per heavy atom. The summed E-state index contributed by atoms with van der Waals surface area (Å²) < 4.78 is 5.34. The third-order valence-electron chi connectivity index (χ3n) is 3.31. The molecule has 0 aromatic carbocycles. The number of aliphatic hydroxyl groups is 1. The quantitative estimate of drug-likeness (QED) is 0.851. The Kier molecular flexibility index (Phi) is 3.83. The van der Waals surface area contributed by atoms with E-state index >= 15 is 0 Å². The van der Waals surface area contributed by atoms with Crippen molar-refractivity contribution in [1.29, 1.82) is 0 Å². The molecule has 2 fully saturated rings. The smallest absolute Gasteiger partial charge is 0.243 e. The van der Waals surface area contributed by atoms with Gasteiger partial charge in [0, 0.05) is 23.3 Å². The molecule has 1 aromatic rings. The third-order valence-corrected chi connectivity index (χ3v) is 6.39. The molecule has 100 valence electrons. The molecule has 5 nitrogen and oxygen atoms in total. The fourth-order valence-corrected chi connectivity index (χ4v) is 5.01. The van der Waals surface area contributed by atoms with Gasteiger partial charge in [-0.25, -0.2) is 0 Å². The monoisotopic (exact) mass is 287 g/mol. The van der Waals surface area contributed by atoms with Crippen LogP contribution in [0.5, 0.6) is 0 Å². The van der Waals surface area contributed by atoms with Crippen LogP contribution in [-0.2, 0) is 0 Å². The molecule has 18 heavy (non-hydrogen) atoms. The molecule has 3 heterocycles. The molecule has 2 aliphatic rings. The van der Waals surface area contributed by atoms with Crippen LogP contribution in [0.3, 0.4) is 0 Å². The summed E-state index contributed by atoms with van der Waals surface area (Å²) in [6, 6.07) is 0.0119. The van der Waals surface area contributed by atoms with Crippen LogP contribution in [0.4, 0.5) is 0 Å². The first kappa shape index (κ1) is 12.8. The molecule has 3 rings (SSSR count). The normalized spacial score (nSPS) is 37.0. The summed E-state index contributed by atoms with van der Waals surface area (Å²) in [5, 5.41) is 17.7. The molecule has 7 heteroatoms. The van der Waals surface area contributed by atoms with Gasteiger partial charge in [0.1, 0.15) is 0 Å². The number of hydrogen-bond acceptors (Lipinski definition) is 7. The highest BCUT2D eigenvalue weighted by Crippen LogP contribution is 2.41. The molecule has 0 radical (unpaired) electrons. The highest BCUT2D eigenvalue weighted by atomic mass is 32.2. The Morgan fingerprint density at radius 1 is 1.39 bits per heavy atom. The van der Waals surface area contributed by atoms with Crippen LogP contribution in [0.2, 0.25) is 0 Å². The predicted octanol–water partition coefficient (Wildman–Crippen LogP) is 1.37. The summed E-state index contributed by atoms with van der Waals surface area (Å²) in [5.41, 5.74) is 0. The second-order valence-corrected chi connectivity index (χ2v) is 7.44. The van der Waals surface area contributed by atoms with Crippen molar-refractivity contribution >= 4 is 23.5 Å². The zero-order chi connectivity index (χ0) is 12.5. The van der Waals surface area contributed by atoms with Gasteiger partial charge in [-0.15, -0.1) is 11.8 Å². The molecule has 2 aliphatic heterocycles. The van der Waals surface area contributed by atoms with Gasteiger partial charge >= 0.3 is 0 Å². The van der Waals surface area contributed by atoms with E-state index in [0.29, 0.717) is 29.4 Å². The first-order chi connectivity index (χ1) is 8.74. The molecule has 2 unspecified atom stereocenters. The van der Waals surface area contributed by atoms with Crippen LogP contribution in [0.25, 0.3) is 0 Å². The van der Waals surface area contributed by atoms with Crippen LogP contribution < -0.4 is 5.32 Å². The molecular formula is C11H17N3O2S2. The SMILES string of the molecule is CC1SCCSC1c1noc([C@H]2C[C@H](O)CN2)n1. The fourth-order valence-electron chi connectivity index (χ4n) is 2.33. The number of nitrogens with one attached hydrogen (secondary N) is 1. The van der Waals surface area contributed by atoms with Crippen LogP contribution in [0, 0.1) is 0 Å². The van der Waals surface area contributed by atoms with Crippen molar-refractivity contribution in [1.82, 2.24) is 15.5 Å². The van der Waals surface area contributed by atoms with Gasteiger partial charge < -0.3 is 14.9 Å². The minimum atomic E-state index is -0.302. The maximum atomic E-state index is 9.50. The number of nitrogens with zero attached hydrogens (tertiary/aromatic N) is 2. The number of β-amino-alcohol motifs (C(OH)–C–C–N with tert-alkyl or cyclic N) is 1. The molecule has 0 aliphatic carbocycles. The predicted molar refractivity (Wildman–Crippen MR) is 72.8 cm³/mol. The first-order valence-corrected chi connectivity index (χ1v) is 8.32. The average molecular weight is 287 g/mol. The second-order valence-electron chi connectivity index (χ2n) is 4.71. The van der Waals surface area contributed by atoms with Gasteiger partial charge in [0.15, 0.2) is 5.82 Å². The van der Waals surface area contributed by atoms with E-state index in [1.54, 1.807) is 0 Å². The fraction of sp³-hybridized carbons (Fsp3) is 0.818. The standard InChI is InChI=1S/C11H17N3O2S2/c1-6-9(18-3-2-17-6)10-13-11(16-14-10)8-4-7(15)5-12-8/h6-9,12,15H,2-5H2,1H3/t6?,7-,8+,9?/m0/s1. The third kappa shape index (κ3) is 2.54. The number of thioether (sulfide) groups is 2. The summed E-state index contributed by atoms with van der Waals surface area (Å²) in [5.74, 6) is 3.76. The zero-order valence-electron chi connectivity index (χ0n) is 10.2. The molecule has 1 aromatic heterocycles. The van der Waals surface area contributed by atoms with Crippen molar-refractivity contribution < 1.29 is 9.63 Å². The van der Waals surface area contributed by atoms with Gasteiger partial charge in [-0.1, -0.05) is 12.1 Å². The Bertz CT molecular complexity index is 415. The number of aromatic nitrogens is 2. The van der Waals surface area contributed by atoms with Gasteiger partial charge in [-0.3, -0.25) is 0 Å². The van der Waals surface area contributed by atoms with E-state index in [4.69, 9.17) is 4.52 Å². The molecule has 4 atom stereocenters. The van der Waals surface area contributed by atoms with Crippen LogP contribution in [0.1, 0.15) is 36.4 Å². The van der Waals surface area contributed by atoms with Crippen LogP contribution >= 0.6 is 23.5 Å². The maximum absolute atomic E-state index is 9.50. The lowest BCUT2D eigenvalue weighted by atomic mass is 10.2. The lowest BCUT2D eigenvalue weighted by molar-refractivity contribution is 0.191. The Labute approximate surface area is 114 Å². The Morgan fingerprint density at radius 2 is 2.22 bits per heavy atom. The van der Waals surface area contributed by atoms with Crippen LogP contribution in [0.15, 0.2) is 4.52 Å². The van der Waals surface area contributed by atoms with Gasteiger partial charge in [0.25, 0.3) is 0 Å². The average Bonchev–Trinajstić information content (AvgIpc) is 2.98. The molecule has 2 saturated heterocycles. The van der Waals surface area contributed by atoms with E-state index in [0.717, 1.165) is 11.6 Å².